The molecule has 7 heteroatoms. The van der Waals surface area contributed by atoms with Crippen LogP contribution in [-0.2, 0) is 6.54 Å². The Bertz CT molecular complexity index is 959. The number of hydrogen-bond acceptors (Lipinski definition) is 6. The maximum Gasteiger partial charge on any atom is 0.276 e. The fourth-order valence-corrected chi connectivity index (χ4v) is 3.80. The number of likely N-dealkylation sites (tertiary alicyclic amines) is 1. The summed E-state index contributed by atoms with van der Waals surface area (Å²) < 4.78 is 12.2. The van der Waals surface area contributed by atoms with E-state index >= 15 is 0 Å². The summed E-state index contributed by atoms with van der Waals surface area (Å²) in [7, 11) is 0. The number of ether oxygens (including phenoxy) is 1. The highest BCUT2D eigenvalue weighted by Gasteiger charge is 2.28. The van der Waals surface area contributed by atoms with Gasteiger partial charge in [-0.25, -0.2) is 0 Å². The number of halogens is 1. The van der Waals surface area contributed by atoms with Crippen LogP contribution in [0.1, 0.15) is 37.6 Å². The Hall–Kier alpha value is -2.25. The molecule has 0 radical (unpaired) electrons. The molecule has 0 spiro atoms. The number of benzene rings is 1. The van der Waals surface area contributed by atoms with Crippen LogP contribution in [0, 0.1) is 5.92 Å². The zero-order valence-corrected chi connectivity index (χ0v) is 18.3. The first-order valence-corrected chi connectivity index (χ1v) is 10.8. The molecule has 0 saturated carbocycles. The lowest BCUT2D eigenvalue weighted by molar-refractivity contribution is 0.270. The summed E-state index contributed by atoms with van der Waals surface area (Å²) >= 11 is 3.45. The lowest BCUT2D eigenvalue weighted by Crippen LogP contribution is -2.20. The van der Waals surface area contributed by atoms with Crippen molar-refractivity contribution in [3.05, 3.63) is 58.5 Å². The van der Waals surface area contributed by atoms with Crippen LogP contribution in [0.25, 0.3) is 11.6 Å². The van der Waals surface area contributed by atoms with Crippen molar-refractivity contribution in [1.29, 1.82) is 0 Å². The normalized spacial score (nSPS) is 17.2. The molecule has 1 aromatic carbocycles. The first-order chi connectivity index (χ1) is 14.1. The van der Waals surface area contributed by atoms with Crippen LogP contribution < -0.4 is 4.74 Å². The Morgan fingerprint density at radius 2 is 2.17 bits per heavy atom. The quantitative estimate of drug-likeness (QED) is 0.502. The second-order valence-electron chi connectivity index (χ2n) is 7.89. The first kappa shape index (κ1) is 20.0. The summed E-state index contributed by atoms with van der Waals surface area (Å²) in [6.07, 6.45) is 2.74. The standard InChI is InChI=1S/C22H25BrN4O2/c1-15(2)14-28-19-5-3-4-16(10-19)12-27-9-7-17(13-27)21-25-22(29-26-21)20-11-18(23)6-8-24-20/h3-6,8,10-11,15,17H,7,9,12-14H2,1-2H3. The van der Waals surface area contributed by atoms with E-state index in [0.717, 1.165) is 48.7 Å². The van der Waals surface area contributed by atoms with Gasteiger partial charge in [0, 0.05) is 29.7 Å². The Morgan fingerprint density at radius 3 is 3.00 bits per heavy atom. The van der Waals surface area contributed by atoms with Gasteiger partial charge >= 0.3 is 0 Å². The molecule has 3 heterocycles. The molecule has 0 bridgehead atoms. The highest BCUT2D eigenvalue weighted by Crippen LogP contribution is 2.28. The molecule has 0 aliphatic carbocycles. The average Bonchev–Trinajstić information content (AvgIpc) is 3.36. The lowest BCUT2D eigenvalue weighted by atomic mass is 10.1. The Balaban J connectivity index is 1.37. The van der Waals surface area contributed by atoms with Crippen molar-refractivity contribution in [3.63, 3.8) is 0 Å². The van der Waals surface area contributed by atoms with Gasteiger partial charge in [-0.05, 0) is 48.7 Å². The van der Waals surface area contributed by atoms with E-state index in [2.05, 4.69) is 68.0 Å². The van der Waals surface area contributed by atoms with Gasteiger partial charge in [0.25, 0.3) is 5.89 Å². The first-order valence-electron chi connectivity index (χ1n) is 9.96. The van der Waals surface area contributed by atoms with Crippen LogP contribution in [0.5, 0.6) is 5.75 Å². The van der Waals surface area contributed by atoms with E-state index in [0.29, 0.717) is 17.5 Å². The Morgan fingerprint density at radius 1 is 1.28 bits per heavy atom. The molecule has 29 heavy (non-hydrogen) atoms. The Labute approximate surface area is 179 Å². The molecule has 1 fully saturated rings. The van der Waals surface area contributed by atoms with Gasteiger partial charge in [0.1, 0.15) is 11.4 Å². The fraction of sp³-hybridized carbons (Fsp3) is 0.409. The van der Waals surface area contributed by atoms with Crippen molar-refractivity contribution in [2.75, 3.05) is 19.7 Å². The van der Waals surface area contributed by atoms with Crippen molar-refractivity contribution in [2.45, 2.75) is 32.7 Å². The second-order valence-corrected chi connectivity index (χ2v) is 8.81. The molecule has 1 unspecified atom stereocenters. The molecule has 3 aromatic rings. The van der Waals surface area contributed by atoms with Crippen LogP contribution in [0.2, 0.25) is 0 Å². The molecule has 152 valence electrons. The molecule has 1 aliphatic rings. The van der Waals surface area contributed by atoms with Crippen molar-refractivity contribution < 1.29 is 9.26 Å². The smallest absolute Gasteiger partial charge is 0.276 e. The monoisotopic (exact) mass is 456 g/mol. The highest BCUT2D eigenvalue weighted by atomic mass is 79.9. The van der Waals surface area contributed by atoms with Crippen LogP contribution in [0.4, 0.5) is 0 Å². The molecule has 0 N–H and O–H groups in total. The summed E-state index contributed by atoms with van der Waals surface area (Å²) in [5.74, 6) is 2.97. The third kappa shape index (κ3) is 5.22. The molecular weight excluding hydrogens is 432 g/mol. The zero-order valence-electron chi connectivity index (χ0n) is 16.7. The molecule has 6 nitrogen and oxygen atoms in total. The summed E-state index contributed by atoms with van der Waals surface area (Å²) in [4.78, 5) is 11.3. The molecule has 1 saturated heterocycles. The van der Waals surface area contributed by atoms with E-state index in [-0.39, 0.29) is 5.92 Å². The van der Waals surface area contributed by atoms with Gasteiger partial charge in [-0.15, -0.1) is 0 Å². The van der Waals surface area contributed by atoms with E-state index in [1.54, 1.807) is 6.20 Å². The minimum absolute atomic E-state index is 0.278. The largest absolute Gasteiger partial charge is 0.493 e. The van der Waals surface area contributed by atoms with Crippen LogP contribution in [0.3, 0.4) is 0 Å². The van der Waals surface area contributed by atoms with E-state index < -0.39 is 0 Å². The third-order valence-corrected chi connectivity index (χ3v) is 5.40. The SMILES string of the molecule is CC(C)COc1cccc(CN2CCC(c3noc(-c4cc(Br)ccn4)n3)C2)c1. The molecule has 4 rings (SSSR count). The summed E-state index contributed by atoms with van der Waals surface area (Å²) in [6, 6.07) is 12.1. The molecule has 1 aliphatic heterocycles. The van der Waals surface area contributed by atoms with Crippen LogP contribution >= 0.6 is 15.9 Å². The second kappa shape index (κ2) is 9.05. The molecule has 2 aromatic heterocycles. The molecular formula is C22H25BrN4O2. The number of rotatable bonds is 7. The minimum Gasteiger partial charge on any atom is -0.493 e. The predicted octanol–water partition coefficient (Wildman–Crippen LogP) is 4.92. The van der Waals surface area contributed by atoms with E-state index in [9.17, 15) is 0 Å². The predicted molar refractivity (Wildman–Crippen MR) is 115 cm³/mol. The topological polar surface area (TPSA) is 64.3 Å². The number of nitrogens with zero attached hydrogens (tertiary/aromatic N) is 4. The van der Waals surface area contributed by atoms with Crippen molar-refractivity contribution in [2.24, 2.45) is 5.92 Å². The van der Waals surface area contributed by atoms with Gasteiger partial charge in [-0.2, -0.15) is 4.98 Å². The van der Waals surface area contributed by atoms with E-state index in [1.807, 2.05) is 18.2 Å². The number of aromatic nitrogens is 3. The fourth-order valence-electron chi connectivity index (χ4n) is 3.47. The maximum atomic E-state index is 5.86. The highest BCUT2D eigenvalue weighted by molar-refractivity contribution is 9.10. The summed E-state index contributed by atoms with van der Waals surface area (Å²) in [6.45, 7) is 7.88. The van der Waals surface area contributed by atoms with Gasteiger partial charge in [-0.1, -0.05) is 47.1 Å². The maximum absolute atomic E-state index is 5.86. The van der Waals surface area contributed by atoms with Gasteiger partial charge in [0.05, 0.1) is 6.61 Å². The van der Waals surface area contributed by atoms with Crippen LogP contribution in [-0.4, -0.2) is 39.7 Å². The van der Waals surface area contributed by atoms with Crippen molar-refractivity contribution in [1.82, 2.24) is 20.0 Å². The molecule has 1 atom stereocenters. The molecule has 0 amide bonds. The Kier molecular flexibility index (Phi) is 6.25. The average molecular weight is 457 g/mol. The summed E-state index contributed by atoms with van der Waals surface area (Å²) in [5, 5.41) is 4.21. The number of pyridine rings is 1. The van der Waals surface area contributed by atoms with Crippen molar-refractivity contribution in [3.8, 4) is 17.3 Å². The van der Waals surface area contributed by atoms with E-state index in [1.165, 1.54) is 5.56 Å². The van der Waals surface area contributed by atoms with Gasteiger partial charge in [0.15, 0.2) is 5.82 Å². The van der Waals surface area contributed by atoms with Crippen LogP contribution in [0.15, 0.2) is 51.6 Å². The van der Waals surface area contributed by atoms with Gasteiger partial charge in [0.2, 0.25) is 0 Å². The summed E-state index contributed by atoms with van der Waals surface area (Å²) in [5.41, 5.74) is 1.95. The van der Waals surface area contributed by atoms with Gasteiger partial charge < -0.3 is 9.26 Å². The van der Waals surface area contributed by atoms with Crippen molar-refractivity contribution >= 4 is 15.9 Å². The minimum atomic E-state index is 0.278. The number of hydrogen-bond donors (Lipinski definition) is 0. The lowest BCUT2D eigenvalue weighted by Gasteiger charge is -2.16. The third-order valence-electron chi connectivity index (χ3n) is 4.91. The van der Waals surface area contributed by atoms with Gasteiger partial charge in [-0.3, -0.25) is 9.88 Å². The van der Waals surface area contributed by atoms with E-state index in [4.69, 9.17) is 9.26 Å². The zero-order chi connectivity index (χ0) is 20.2.